The Kier molecular flexibility index (Phi) is 6.45. The van der Waals surface area contributed by atoms with Gasteiger partial charge in [0.15, 0.2) is 5.75 Å². The molecule has 0 atom stereocenters. The van der Waals surface area contributed by atoms with Crippen LogP contribution in [0.1, 0.15) is 5.69 Å². The van der Waals surface area contributed by atoms with Gasteiger partial charge >= 0.3 is 0 Å². The molecule has 0 spiro atoms. The SMILES string of the molecule is Cc1c(N)c(=O)n(-c2ccccc2)n1C.O=S(=O)(O)c1ccc(Cl)c(Cl)c1O. The molecule has 0 saturated carbocycles. The van der Waals surface area contributed by atoms with Crippen molar-refractivity contribution in [1.82, 2.24) is 9.36 Å². The maximum atomic E-state index is 11.8. The minimum absolute atomic E-state index is 0.00608. The summed E-state index contributed by atoms with van der Waals surface area (Å²) in [7, 11) is -2.65. The summed E-state index contributed by atoms with van der Waals surface area (Å²) in [5, 5.41) is 8.86. The minimum atomic E-state index is -4.47. The monoisotopic (exact) mass is 445 g/mol. The van der Waals surface area contributed by atoms with Crippen LogP contribution in [0, 0.1) is 6.92 Å². The van der Waals surface area contributed by atoms with Crippen LogP contribution >= 0.6 is 23.2 Å². The number of halogens is 2. The molecule has 0 radical (unpaired) electrons. The molecule has 3 aromatic rings. The fraction of sp³-hybridized carbons (Fsp3) is 0.118. The second kappa shape index (κ2) is 8.27. The lowest BCUT2D eigenvalue weighted by molar-refractivity contribution is 0.443. The summed E-state index contributed by atoms with van der Waals surface area (Å²) in [6.45, 7) is 1.83. The number of para-hydroxylation sites is 1. The minimum Gasteiger partial charge on any atom is -0.505 e. The predicted octanol–water partition coefficient (Wildman–Crippen LogP) is 3.01. The van der Waals surface area contributed by atoms with Gasteiger partial charge in [-0.3, -0.25) is 14.0 Å². The normalized spacial score (nSPS) is 11.0. The molecule has 0 aliphatic carbocycles. The van der Waals surface area contributed by atoms with E-state index < -0.39 is 20.8 Å². The van der Waals surface area contributed by atoms with Crippen molar-refractivity contribution in [2.24, 2.45) is 7.05 Å². The Morgan fingerprint density at radius 3 is 2.11 bits per heavy atom. The number of aromatic hydroxyl groups is 1. The van der Waals surface area contributed by atoms with Crippen LogP contribution in [0.4, 0.5) is 5.69 Å². The summed E-state index contributed by atoms with van der Waals surface area (Å²) in [5.41, 5.74) is 7.43. The molecule has 1 heterocycles. The van der Waals surface area contributed by atoms with E-state index in [9.17, 15) is 13.2 Å². The topological polar surface area (TPSA) is 128 Å². The Morgan fingerprint density at radius 2 is 1.64 bits per heavy atom. The number of benzene rings is 2. The van der Waals surface area contributed by atoms with Crippen LogP contribution in [0.5, 0.6) is 5.75 Å². The Bertz CT molecular complexity index is 1170. The first kappa shape index (κ1) is 21.8. The van der Waals surface area contributed by atoms with Gasteiger partial charge in [-0.15, -0.1) is 0 Å². The van der Waals surface area contributed by atoms with Crippen LogP contribution in [0.15, 0.2) is 52.2 Å². The largest absolute Gasteiger partial charge is 0.505 e. The Balaban J connectivity index is 0.000000203. The molecular weight excluding hydrogens is 429 g/mol. The Labute approximate surface area is 171 Å². The second-order valence-corrected chi connectivity index (χ2v) is 7.83. The van der Waals surface area contributed by atoms with Gasteiger partial charge in [-0.05, 0) is 31.2 Å². The number of hydrogen-bond donors (Lipinski definition) is 3. The van der Waals surface area contributed by atoms with E-state index in [2.05, 4.69) is 0 Å². The first-order chi connectivity index (χ1) is 13.0. The lowest BCUT2D eigenvalue weighted by Gasteiger charge is -2.07. The highest BCUT2D eigenvalue weighted by atomic mass is 35.5. The maximum Gasteiger partial charge on any atom is 0.298 e. The molecular formula is C17H17Cl2N3O5S. The molecule has 28 heavy (non-hydrogen) atoms. The third-order valence-corrected chi connectivity index (χ3v) is 5.59. The fourth-order valence-corrected chi connectivity index (χ4v) is 3.28. The quantitative estimate of drug-likeness (QED) is 0.520. The number of anilines is 1. The van der Waals surface area contributed by atoms with Gasteiger partial charge in [0.1, 0.15) is 15.6 Å². The highest BCUT2D eigenvalue weighted by Crippen LogP contribution is 2.36. The van der Waals surface area contributed by atoms with Crippen molar-refractivity contribution in [3.05, 3.63) is 68.6 Å². The maximum absolute atomic E-state index is 11.8. The van der Waals surface area contributed by atoms with Gasteiger partial charge < -0.3 is 10.8 Å². The van der Waals surface area contributed by atoms with Crippen LogP contribution in [0.3, 0.4) is 0 Å². The van der Waals surface area contributed by atoms with Gasteiger partial charge in [0.25, 0.3) is 15.7 Å². The standard InChI is InChI=1S/C11H13N3O.C6H4Cl2O4S/c1-8-10(12)11(15)14(13(8)2)9-6-4-3-5-7-9;7-3-1-2-4(13(10,11)12)6(9)5(3)8/h3-7H,12H2,1-2H3;1-2,9H,(H,10,11,12). The van der Waals surface area contributed by atoms with E-state index in [1.165, 1.54) is 0 Å². The second-order valence-electron chi connectivity index (χ2n) is 5.66. The predicted molar refractivity (Wildman–Crippen MR) is 108 cm³/mol. The average molecular weight is 446 g/mol. The summed E-state index contributed by atoms with van der Waals surface area (Å²) < 4.78 is 33.1. The van der Waals surface area contributed by atoms with Gasteiger partial charge in [0, 0.05) is 7.05 Å². The van der Waals surface area contributed by atoms with E-state index in [-0.39, 0.29) is 15.6 Å². The zero-order valence-corrected chi connectivity index (χ0v) is 17.1. The first-order valence-corrected chi connectivity index (χ1v) is 9.90. The van der Waals surface area contributed by atoms with E-state index in [0.29, 0.717) is 5.69 Å². The molecule has 2 aromatic carbocycles. The van der Waals surface area contributed by atoms with Gasteiger partial charge in [-0.25, -0.2) is 4.68 Å². The molecule has 1 aromatic heterocycles. The van der Waals surface area contributed by atoms with Crippen molar-refractivity contribution in [2.45, 2.75) is 11.8 Å². The zero-order valence-electron chi connectivity index (χ0n) is 14.8. The van der Waals surface area contributed by atoms with Crippen molar-refractivity contribution in [3.63, 3.8) is 0 Å². The van der Waals surface area contributed by atoms with Crippen molar-refractivity contribution in [3.8, 4) is 11.4 Å². The van der Waals surface area contributed by atoms with Gasteiger partial charge in [0.2, 0.25) is 0 Å². The van der Waals surface area contributed by atoms with Crippen LogP contribution in [-0.4, -0.2) is 27.4 Å². The summed E-state index contributed by atoms with van der Waals surface area (Å²) in [6, 6.07) is 11.6. The van der Waals surface area contributed by atoms with E-state index in [4.69, 9.17) is 38.6 Å². The average Bonchev–Trinajstić information content (AvgIpc) is 2.83. The van der Waals surface area contributed by atoms with E-state index >= 15 is 0 Å². The molecule has 4 N–H and O–H groups in total. The molecule has 0 bridgehead atoms. The van der Waals surface area contributed by atoms with Crippen molar-refractivity contribution >= 4 is 39.0 Å². The third kappa shape index (κ3) is 4.33. The Hall–Kier alpha value is -2.46. The molecule has 0 amide bonds. The molecule has 0 saturated heterocycles. The molecule has 8 nitrogen and oxygen atoms in total. The number of nitrogen functional groups attached to an aromatic ring is 1. The lowest BCUT2D eigenvalue weighted by atomic mass is 10.3. The number of rotatable bonds is 2. The van der Waals surface area contributed by atoms with Crippen LogP contribution in [-0.2, 0) is 17.2 Å². The van der Waals surface area contributed by atoms with Gasteiger partial charge in [-0.1, -0.05) is 41.4 Å². The van der Waals surface area contributed by atoms with Crippen molar-refractivity contribution in [2.75, 3.05) is 5.73 Å². The highest BCUT2D eigenvalue weighted by molar-refractivity contribution is 7.86. The highest BCUT2D eigenvalue weighted by Gasteiger charge is 2.19. The van der Waals surface area contributed by atoms with Crippen LogP contribution in [0.25, 0.3) is 5.69 Å². The smallest absolute Gasteiger partial charge is 0.298 e. The number of nitrogens with zero attached hydrogens (tertiary/aromatic N) is 2. The van der Waals surface area contributed by atoms with Crippen molar-refractivity contribution in [1.29, 1.82) is 0 Å². The van der Waals surface area contributed by atoms with Crippen LogP contribution < -0.4 is 11.3 Å². The molecule has 3 rings (SSSR count). The summed E-state index contributed by atoms with van der Waals surface area (Å²) in [5.74, 6) is -0.753. The van der Waals surface area contributed by atoms with E-state index in [1.54, 1.807) is 9.36 Å². The number of hydrogen-bond acceptors (Lipinski definition) is 5. The molecule has 0 aliphatic heterocycles. The van der Waals surface area contributed by atoms with Gasteiger partial charge in [-0.2, -0.15) is 8.42 Å². The van der Waals surface area contributed by atoms with Crippen LogP contribution in [0.2, 0.25) is 10.0 Å². The fourth-order valence-electron chi connectivity index (χ4n) is 2.32. The summed E-state index contributed by atoms with van der Waals surface area (Å²) in [4.78, 5) is 11.2. The third-order valence-electron chi connectivity index (χ3n) is 3.91. The zero-order chi connectivity index (χ0) is 21.2. The first-order valence-electron chi connectivity index (χ1n) is 7.70. The Morgan fingerprint density at radius 1 is 1.07 bits per heavy atom. The molecule has 11 heteroatoms. The molecule has 150 valence electrons. The summed E-state index contributed by atoms with van der Waals surface area (Å²) in [6.07, 6.45) is 0. The summed E-state index contributed by atoms with van der Waals surface area (Å²) >= 11 is 10.9. The van der Waals surface area contributed by atoms with Crippen molar-refractivity contribution < 1.29 is 18.1 Å². The number of nitrogens with two attached hydrogens (primary N) is 1. The lowest BCUT2D eigenvalue weighted by Crippen LogP contribution is -2.20. The van der Waals surface area contributed by atoms with Gasteiger partial charge in [0.05, 0.1) is 16.4 Å². The molecule has 0 aliphatic rings. The molecule has 0 fully saturated rings. The number of aromatic nitrogens is 2. The molecule has 0 unspecified atom stereocenters. The van der Waals surface area contributed by atoms with E-state index in [1.807, 2.05) is 44.3 Å². The number of phenolic OH excluding ortho intramolecular Hbond substituents is 1. The number of phenols is 1. The van der Waals surface area contributed by atoms with E-state index in [0.717, 1.165) is 23.5 Å².